The zero-order valence-electron chi connectivity index (χ0n) is 19.7. The molecule has 1 heterocycles. The number of hydrogen-bond acceptors (Lipinski definition) is 4. The van der Waals surface area contributed by atoms with Crippen molar-refractivity contribution in [3.8, 4) is 0 Å². The van der Waals surface area contributed by atoms with E-state index in [1.165, 1.54) is 4.90 Å². The van der Waals surface area contributed by atoms with Crippen LogP contribution in [-0.2, 0) is 4.79 Å². The molecule has 1 aromatic heterocycles. The van der Waals surface area contributed by atoms with Crippen molar-refractivity contribution in [3.05, 3.63) is 65.7 Å². The summed E-state index contributed by atoms with van der Waals surface area (Å²) in [4.78, 5) is 26.9. The van der Waals surface area contributed by atoms with Crippen molar-refractivity contribution in [2.45, 2.75) is 50.9 Å². The zero-order chi connectivity index (χ0) is 27.3. The fourth-order valence-electron chi connectivity index (χ4n) is 4.31. The fraction of sp³-hybridized carbons (Fsp3) is 0.320. The predicted molar refractivity (Wildman–Crippen MR) is 128 cm³/mol. The van der Waals surface area contributed by atoms with Gasteiger partial charge in [-0.3, -0.25) is 4.90 Å². The Hall–Kier alpha value is -3.96. The molecule has 0 bridgehead atoms. The first-order valence-electron chi connectivity index (χ1n) is 11.3. The third-order valence-electron chi connectivity index (χ3n) is 5.94. The topological polar surface area (TPSA) is 109 Å². The lowest BCUT2D eigenvalue weighted by Gasteiger charge is -2.36. The average molecular weight is 524 g/mol. The van der Waals surface area contributed by atoms with Crippen LogP contribution in [0.15, 0.2) is 48.5 Å². The molecular formula is C25H25F5N4O3. The van der Waals surface area contributed by atoms with Crippen LogP contribution < -0.4 is 16.0 Å². The summed E-state index contributed by atoms with van der Waals surface area (Å²) in [5.41, 5.74) is 7.80. The van der Waals surface area contributed by atoms with E-state index in [4.69, 9.17) is 20.6 Å². The predicted octanol–water partition coefficient (Wildman–Crippen LogP) is 5.76. The number of urea groups is 1. The minimum Gasteiger partial charge on any atom is -0.475 e. The molecule has 0 saturated heterocycles. The number of carboxylic acids is 1. The highest BCUT2D eigenvalue weighted by Crippen LogP contribution is 2.30. The van der Waals surface area contributed by atoms with E-state index in [1.54, 1.807) is 0 Å². The van der Waals surface area contributed by atoms with Crippen LogP contribution in [0, 0.1) is 18.6 Å². The Labute approximate surface area is 209 Å². The molecule has 2 aromatic carbocycles. The third-order valence-corrected chi connectivity index (χ3v) is 5.94. The first-order valence-corrected chi connectivity index (χ1v) is 11.3. The van der Waals surface area contributed by atoms with Gasteiger partial charge >= 0.3 is 18.2 Å². The lowest BCUT2D eigenvalue weighted by Crippen LogP contribution is -2.47. The van der Waals surface area contributed by atoms with Gasteiger partial charge in [0.05, 0.1) is 11.2 Å². The Bertz CT molecular complexity index is 1260. The standard InChI is InChI=1S/C23H24F2N4O.C2HF3O2/c1-14-10-22(28-21-5-3-2-4-20(14)21)27-17-6-8-18(9-7-17)29(23(26)30)19-12-15(24)11-16(25)13-19;3-2(4,5)1(6)7/h2-5,10-13,17-18H,6-9H2,1H3,(H2,26,30)(H,27,28);(H,6,7). The third kappa shape index (κ3) is 7.28. The minimum atomic E-state index is -5.08. The number of nitrogens with zero attached hydrogens (tertiary/aromatic N) is 2. The van der Waals surface area contributed by atoms with E-state index < -0.39 is 29.8 Å². The number of rotatable bonds is 4. The molecule has 1 aliphatic carbocycles. The number of amides is 2. The summed E-state index contributed by atoms with van der Waals surface area (Å²) in [6.45, 7) is 2.06. The smallest absolute Gasteiger partial charge is 0.475 e. The van der Waals surface area contributed by atoms with Gasteiger partial charge in [-0.1, -0.05) is 18.2 Å². The molecule has 0 atom stereocenters. The van der Waals surface area contributed by atoms with Crippen molar-refractivity contribution in [1.29, 1.82) is 0 Å². The number of nitrogens with one attached hydrogen (secondary N) is 1. The number of aliphatic carboxylic acids is 1. The molecule has 1 aliphatic rings. The Morgan fingerprint density at radius 2 is 1.59 bits per heavy atom. The number of aryl methyl sites for hydroxylation is 1. The van der Waals surface area contributed by atoms with Crippen LogP contribution in [0.2, 0.25) is 0 Å². The molecular weight excluding hydrogens is 499 g/mol. The number of nitrogens with two attached hydrogens (primary N) is 1. The number of benzene rings is 2. The maximum atomic E-state index is 13.6. The van der Waals surface area contributed by atoms with Gasteiger partial charge < -0.3 is 16.2 Å². The summed E-state index contributed by atoms with van der Waals surface area (Å²) in [6, 6.07) is 12.4. The lowest BCUT2D eigenvalue weighted by molar-refractivity contribution is -0.192. The molecule has 7 nitrogen and oxygen atoms in total. The molecule has 0 unspecified atom stereocenters. The van der Waals surface area contributed by atoms with Gasteiger partial charge in [-0.25, -0.2) is 23.4 Å². The van der Waals surface area contributed by atoms with Crippen molar-refractivity contribution in [2.24, 2.45) is 5.73 Å². The first kappa shape index (κ1) is 27.6. The highest BCUT2D eigenvalue weighted by Gasteiger charge is 2.38. The van der Waals surface area contributed by atoms with E-state index in [1.807, 2.05) is 24.3 Å². The lowest BCUT2D eigenvalue weighted by atomic mass is 9.90. The van der Waals surface area contributed by atoms with Crippen LogP contribution in [-0.4, -0.2) is 40.4 Å². The van der Waals surface area contributed by atoms with Crippen LogP contribution in [0.3, 0.4) is 0 Å². The highest BCUT2D eigenvalue weighted by atomic mass is 19.4. The molecule has 1 fully saturated rings. The SMILES string of the molecule is Cc1cc(NC2CCC(N(C(N)=O)c3cc(F)cc(F)c3)CC2)nc2ccccc12.O=C(O)C(F)(F)F. The number of fused-ring (bicyclic) bond motifs is 1. The maximum absolute atomic E-state index is 13.6. The number of alkyl halides is 3. The Kier molecular flexibility index (Phi) is 8.51. The molecule has 198 valence electrons. The second-order valence-electron chi connectivity index (χ2n) is 8.63. The van der Waals surface area contributed by atoms with Gasteiger partial charge in [0.25, 0.3) is 0 Å². The van der Waals surface area contributed by atoms with Gasteiger partial charge in [-0.2, -0.15) is 13.2 Å². The molecule has 1 saturated carbocycles. The number of primary amides is 1. The Balaban J connectivity index is 0.000000479. The minimum absolute atomic E-state index is 0.156. The van der Waals surface area contributed by atoms with Crippen molar-refractivity contribution < 1.29 is 36.6 Å². The molecule has 37 heavy (non-hydrogen) atoms. The maximum Gasteiger partial charge on any atom is 0.490 e. The first-order chi connectivity index (χ1) is 17.3. The van der Waals surface area contributed by atoms with Crippen molar-refractivity contribution >= 4 is 34.4 Å². The summed E-state index contributed by atoms with van der Waals surface area (Å²) >= 11 is 0. The highest BCUT2D eigenvalue weighted by molar-refractivity contribution is 5.91. The number of halogens is 5. The van der Waals surface area contributed by atoms with Gasteiger partial charge in [0.1, 0.15) is 17.5 Å². The number of carbonyl (C=O) groups excluding carboxylic acids is 1. The van der Waals surface area contributed by atoms with Crippen LogP contribution in [0.4, 0.5) is 38.3 Å². The van der Waals surface area contributed by atoms with Gasteiger partial charge in [0.2, 0.25) is 0 Å². The fourth-order valence-corrected chi connectivity index (χ4v) is 4.31. The average Bonchev–Trinajstić information content (AvgIpc) is 2.79. The monoisotopic (exact) mass is 524 g/mol. The number of carbonyl (C=O) groups is 2. The van der Waals surface area contributed by atoms with E-state index in [-0.39, 0.29) is 17.8 Å². The summed E-state index contributed by atoms with van der Waals surface area (Å²) in [5, 5.41) is 11.8. The number of anilines is 2. The zero-order valence-corrected chi connectivity index (χ0v) is 19.7. The second kappa shape index (κ2) is 11.4. The molecule has 0 spiro atoms. The van der Waals surface area contributed by atoms with Crippen molar-refractivity contribution in [1.82, 2.24) is 4.98 Å². The van der Waals surface area contributed by atoms with E-state index in [0.717, 1.165) is 53.3 Å². The molecule has 4 N–H and O–H groups in total. The van der Waals surface area contributed by atoms with Gasteiger partial charge in [0, 0.05) is 23.5 Å². The van der Waals surface area contributed by atoms with E-state index in [9.17, 15) is 26.7 Å². The number of aromatic nitrogens is 1. The molecule has 0 aliphatic heterocycles. The normalized spacial score (nSPS) is 17.5. The number of pyridine rings is 1. The summed E-state index contributed by atoms with van der Waals surface area (Å²) in [6.07, 6.45) is -2.16. The number of para-hydroxylation sites is 1. The Morgan fingerprint density at radius 1 is 1.03 bits per heavy atom. The van der Waals surface area contributed by atoms with Crippen LogP contribution >= 0.6 is 0 Å². The number of carboxylic acid groups (broad SMARTS) is 1. The molecule has 3 aromatic rings. The van der Waals surface area contributed by atoms with Gasteiger partial charge in [-0.15, -0.1) is 0 Å². The van der Waals surface area contributed by atoms with Crippen LogP contribution in [0.1, 0.15) is 31.2 Å². The molecule has 0 radical (unpaired) electrons. The molecule has 2 amide bonds. The van der Waals surface area contributed by atoms with Crippen molar-refractivity contribution in [3.63, 3.8) is 0 Å². The van der Waals surface area contributed by atoms with E-state index >= 15 is 0 Å². The summed E-state index contributed by atoms with van der Waals surface area (Å²) in [7, 11) is 0. The van der Waals surface area contributed by atoms with Gasteiger partial charge in [-0.05, 0) is 62.4 Å². The van der Waals surface area contributed by atoms with Crippen LogP contribution in [0.5, 0.6) is 0 Å². The number of hydrogen-bond donors (Lipinski definition) is 3. The van der Waals surface area contributed by atoms with E-state index in [0.29, 0.717) is 12.8 Å². The molecule has 4 rings (SSSR count). The molecule has 12 heteroatoms. The van der Waals surface area contributed by atoms with Gasteiger partial charge in [0.15, 0.2) is 0 Å². The van der Waals surface area contributed by atoms with Crippen molar-refractivity contribution in [2.75, 3.05) is 10.2 Å². The van der Waals surface area contributed by atoms with Crippen LogP contribution in [0.25, 0.3) is 10.9 Å². The Morgan fingerprint density at radius 3 is 2.14 bits per heavy atom. The van der Waals surface area contributed by atoms with E-state index in [2.05, 4.69) is 18.3 Å². The summed E-state index contributed by atoms with van der Waals surface area (Å²) < 4.78 is 59.0. The quantitative estimate of drug-likeness (QED) is 0.376. The summed E-state index contributed by atoms with van der Waals surface area (Å²) in [5.74, 6) is -3.39. The largest absolute Gasteiger partial charge is 0.490 e. The second-order valence-corrected chi connectivity index (χ2v) is 8.63.